The van der Waals surface area contributed by atoms with E-state index in [4.69, 9.17) is 0 Å². The third-order valence-corrected chi connectivity index (χ3v) is 5.08. The number of likely N-dealkylation sites (N-methyl/N-ethyl adjacent to an activating group) is 1. The molecule has 0 fully saturated rings. The largest absolute Gasteiger partial charge is 0.353 e. The summed E-state index contributed by atoms with van der Waals surface area (Å²) in [6, 6.07) is 3.04. The number of carbonyl (C=O) groups excluding carboxylic acids is 1. The van der Waals surface area contributed by atoms with Crippen molar-refractivity contribution in [3.8, 4) is 0 Å². The van der Waals surface area contributed by atoms with Gasteiger partial charge < -0.3 is 5.32 Å². The zero-order valence-electron chi connectivity index (χ0n) is 13.6. The van der Waals surface area contributed by atoms with Crippen LogP contribution in [0.4, 0.5) is 0 Å². The Morgan fingerprint density at radius 1 is 1.32 bits per heavy atom. The van der Waals surface area contributed by atoms with Gasteiger partial charge in [0.05, 0.1) is 6.54 Å². The molecule has 1 amide bonds. The predicted molar refractivity (Wildman–Crippen MR) is 85.7 cm³/mol. The average Bonchev–Trinajstić information content (AvgIpc) is 2.45. The molecule has 22 heavy (non-hydrogen) atoms. The zero-order chi connectivity index (χ0) is 16.8. The summed E-state index contributed by atoms with van der Waals surface area (Å²) in [5.74, 6) is 0.277. The highest BCUT2D eigenvalue weighted by atomic mass is 32.2. The van der Waals surface area contributed by atoms with Gasteiger partial charge in [0.1, 0.15) is 4.90 Å². The minimum absolute atomic E-state index is 0.0318. The van der Waals surface area contributed by atoms with Crippen molar-refractivity contribution in [3.63, 3.8) is 0 Å². The molecule has 1 rings (SSSR count). The van der Waals surface area contributed by atoms with Gasteiger partial charge in [-0.25, -0.2) is 8.42 Å². The number of amides is 1. The van der Waals surface area contributed by atoms with Crippen molar-refractivity contribution in [3.05, 3.63) is 24.5 Å². The molecule has 0 bridgehead atoms. The van der Waals surface area contributed by atoms with E-state index in [1.165, 1.54) is 25.5 Å². The Kier molecular flexibility index (Phi) is 6.96. The van der Waals surface area contributed by atoms with Crippen LogP contribution in [-0.4, -0.2) is 43.2 Å². The van der Waals surface area contributed by atoms with E-state index >= 15 is 0 Å². The summed E-state index contributed by atoms with van der Waals surface area (Å²) in [7, 11) is -2.30. The number of nitrogens with zero attached hydrogens (tertiary/aromatic N) is 2. The Morgan fingerprint density at radius 2 is 2.00 bits per heavy atom. The first-order chi connectivity index (χ1) is 10.2. The van der Waals surface area contributed by atoms with Crippen LogP contribution in [0.25, 0.3) is 0 Å². The van der Waals surface area contributed by atoms with Gasteiger partial charge in [0.25, 0.3) is 0 Å². The summed E-state index contributed by atoms with van der Waals surface area (Å²) in [4.78, 5) is 15.8. The molecule has 0 aliphatic rings. The Morgan fingerprint density at radius 3 is 2.55 bits per heavy atom. The minimum atomic E-state index is -3.69. The van der Waals surface area contributed by atoms with Crippen LogP contribution in [0, 0.1) is 5.92 Å². The van der Waals surface area contributed by atoms with Crippen molar-refractivity contribution in [2.75, 3.05) is 13.6 Å². The normalized spacial score (nSPS) is 13.4. The summed E-state index contributed by atoms with van der Waals surface area (Å²) in [5.41, 5.74) is 0. The average molecular weight is 327 g/mol. The number of carbonyl (C=O) groups is 1. The van der Waals surface area contributed by atoms with Crippen molar-refractivity contribution in [1.82, 2.24) is 14.6 Å². The lowest BCUT2D eigenvalue weighted by Gasteiger charge is -2.19. The van der Waals surface area contributed by atoms with Crippen LogP contribution in [0.5, 0.6) is 0 Å². The van der Waals surface area contributed by atoms with Gasteiger partial charge in [0.15, 0.2) is 0 Å². The SMILES string of the molecule is CC(C)CCC(C)NC(=O)CN(C)S(=O)(=O)c1cccnc1. The minimum Gasteiger partial charge on any atom is -0.353 e. The van der Waals surface area contributed by atoms with Crippen molar-refractivity contribution in [1.29, 1.82) is 0 Å². The van der Waals surface area contributed by atoms with Crippen LogP contribution < -0.4 is 5.32 Å². The van der Waals surface area contributed by atoms with Crippen LogP contribution >= 0.6 is 0 Å². The van der Waals surface area contributed by atoms with Gasteiger partial charge in [-0.2, -0.15) is 4.31 Å². The first kappa shape index (κ1) is 18.6. The van der Waals surface area contributed by atoms with E-state index < -0.39 is 10.0 Å². The predicted octanol–water partition coefficient (Wildman–Crippen LogP) is 1.64. The molecular weight excluding hydrogens is 302 g/mol. The van der Waals surface area contributed by atoms with Crippen LogP contribution in [0.1, 0.15) is 33.6 Å². The Hall–Kier alpha value is -1.47. The second kappa shape index (κ2) is 8.24. The van der Waals surface area contributed by atoms with Crippen LogP contribution in [0.2, 0.25) is 0 Å². The number of hydrogen-bond acceptors (Lipinski definition) is 4. The van der Waals surface area contributed by atoms with Gasteiger partial charge in [-0.3, -0.25) is 9.78 Å². The summed E-state index contributed by atoms with van der Waals surface area (Å²) in [5, 5.41) is 2.83. The molecule has 1 aromatic heterocycles. The van der Waals surface area contributed by atoms with Crippen molar-refractivity contribution >= 4 is 15.9 Å². The Labute approximate surface area is 133 Å². The molecule has 0 aliphatic heterocycles. The molecule has 1 aromatic rings. The summed E-state index contributed by atoms with van der Waals surface area (Å²) in [6.45, 7) is 5.98. The number of sulfonamides is 1. The van der Waals surface area contributed by atoms with Gasteiger partial charge in [-0.1, -0.05) is 13.8 Å². The maximum atomic E-state index is 12.3. The molecule has 0 aliphatic carbocycles. The lowest BCUT2D eigenvalue weighted by molar-refractivity contribution is -0.121. The van der Waals surface area contributed by atoms with Crippen LogP contribution in [0.15, 0.2) is 29.4 Å². The molecule has 1 heterocycles. The molecule has 0 radical (unpaired) electrons. The zero-order valence-corrected chi connectivity index (χ0v) is 14.4. The van der Waals surface area contributed by atoms with E-state index in [9.17, 15) is 13.2 Å². The Bertz CT molecular complexity index is 573. The molecule has 7 heteroatoms. The molecule has 1 unspecified atom stereocenters. The molecular formula is C15H25N3O3S. The van der Waals surface area contributed by atoms with E-state index in [0.29, 0.717) is 5.92 Å². The highest BCUT2D eigenvalue weighted by Gasteiger charge is 2.23. The number of nitrogens with one attached hydrogen (secondary N) is 1. The quantitative estimate of drug-likeness (QED) is 0.787. The highest BCUT2D eigenvalue weighted by molar-refractivity contribution is 7.89. The van der Waals surface area contributed by atoms with Crippen LogP contribution in [0.3, 0.4) is 0 Å². The molecule has 6 nitrogen and oxygen atoms in total. The highest BCUT2D eigenvalue weighted by Crippen LogP contribution is 2.12. The molecule has 0 aromatic carbocycles. The number of hydrogen-bond donors (Lipinski definition) is 1. The fourth-order valence-electron chi connectivity index (χ4n) is 1.94. The smallest absolute Gasteiger partial charge is 0.244 e. The third kappa shape index (κ3) is 5.73. The molecule has 0 spiro atoms. The maximum Gasteiger partial charge on any atom is 0.244 e. The van der Waals surface area contributed by atoms with E-state index in [-0.39, 0.29) is 23.4 Å². The summed E-state index contributed by atoms with van der Waals surface area (Å²) in [6.07, 6.45) is 4.67. The van der Waals surface area contributed by atoms with Gasteiger partial charge in [-0.05, 0) is 37.8 Å². The van der Waals surface area contributed by atoms with Crippen molar-refractivity contribution < 1.29 is 13.2 Å². The van der Waals surface area contributed by atoms with E-state index in [1.54, 1.807) is 6.07 Å². The molecule has 0 saturated carbocycles. The van der Waals surface area contributed by atoms with E-state index in [0.717, 1.165) is 17.1 Å². The number of aromatic nitrogens is 1. The van der Waals surface area contributed by atoms with E-state index in [2.05, 4.69) is 24.1 Å². The summed E-state index contributed by atoms with van der Waals surface area (Å²) < 4.78 is 25.6. The lowest BCUT2D eigenvalue weighted by atomic mass is 10.0. The molecule has 1 N–H and O–H groups in total. The first-order valence-electron chi connectivity index (χ1n) is 7.39. The lowest BCUT2D eigenvalue weighted by Crippen LogP contribution is -2.41. The second-order valence-electron chi connectivity index (χ2n) is 5.89. The van der Waals surface area contributed by atoms with Gasteiger partial charge >= 0.3 is 0 Å². The van der Waals surface area contributed by atoms with E-state index in [1.807, 2.05) is 6.92 Å². The fourth-order valence-corrected chi connectivity index (χ4v) is 3.03. The molecule has 124 valence electrons. The second-order valence-corrected chi connectivity index (χ2v) is 7.93. The van der Waals surface area contributed by atoms with Gasteiger partial charge in [0, 0.05) is 25.5 Å². The van der Waals surface area contributed by atoms with Crippen LogP contribution in [-0.2, 0) is 14.8 Å². The van der Waals surface area contributed by atoms with Gasteiger partial charge in [-0.15, -0.1) is 0 Å². The fraction of sp³-hybridized carbons (Fsp3) is 0.600. The molecule has 0 saturated heterocycles. The number of pyridine rings is 1. The number of rotatable bonds is 8. The summed E-state index contributed by atoms with van der Waals surface area (Å²) >= 11 is 0. The first-order valence-corrected chi connectivity index (χ1v) is 8.83. The maximum absolute atomic E-state index is 12.3. The topological polar surface area (TPSA) is 79.4 Å². The third-order valence-electron chi connectivity index (χ3n) is 3.29. The van der Waals surface area contributed by atoms with Crippen molar-refractivity contribution in [2.45, 2.75) is 44.6 Å². The van der Waals surface area contributed by atoms with Gasteiger partial charge in [0.2, 0.25) is 15.9 Å². The van der Waals surface area contributed by atoms with Crippen molar-refractivity contribution in [2.24, 2.45) is 5.92 Å². The monoisotopic (exact) mass is 327 g/mol. The molecule has 1 atom stereocenters. The standard InChI is InChI=1S/C15H25N3O3S/c1-12(2)7-8-13(3)17-15(19)11-18(4)22(20,21)14-6-5-9-16-10-14/h5-6,9-10,12-13H,7-8,11H2,1-4H3,(H,17,19). The Balaban J connectivity index is 2.57.